The van der Waals surface area contributed by atoms with Gasteiger partial charge in [0.25, 0.3) is 0 Å². The van der Waals surface area contributed by atoms with Crippen molar-refractivity contribution in [3.8, 4) is 5.69 Å². The molecule has 7 nitrogen and oxygen atoms in total. The van der Waals surface area contributed by atoms with E-state index in [1.165, 1.54) is 24.6 Å². The van der Waals surface area contributed by atoms with Crippen molar-refractivity contribution >= 4 is 17.7 Å². The molecule has 0 unspecified atom stereocenters. The van der Waals surface area contributed by atoms with E-state index in [0.717, 1.165) is 55.8 Å². The van der Waals surface area contributed by atoms with Crippen molar-refractivity contribution in [2.45, 2.75) is 55.7 Å². The first-order valence-corrected chi connectivity index (χ1v) is 11.4. The van der Waals surface area contributed by atoms with Crippen LogP contribution in [0.4, 0.5) is 0 Å². The molecule has 0 saturated carbocycles. The van der Waals surface area contributed by atoms with Crippen LogP contribution in [-0.2, 0) is 16.1 Å². The summed E-state index contributed by atoms with van der Waals surface area (Å²) in [5, 5.41) is 12.4. The number of benzene rings is 1. The van der Waals surface area contributed by atoms with Gasteiger partial charge in [-0.2, -0.15) is 0 Å². The third kappa shape index (κ3) is 5.18. The van der Waals surface area contributed by atoms with E-state index in [4.69, 9.17) is 4.74 Å². The zero-order valence-electron chi connectivity index (χ0n) is 16.9. The Labute approximate surface area is 176 Å². The summed E-state index contributed by atoms with van der Waals surface area (Å²) >= 11 is 1.45. The monoisotopic (exact) mass is 415 g/mol. The minimum Gasteiger partial charge on any atom is -0.376 e. The number of carbonyl (C=O) groups excluding carboxylic acids is 1. The number of para-hydroxylation sites is 1. The van der Waals surface area contributed by atoms with Gasteiger partial charge in [-0.25, -0.2) is 0 Å². The Bertz CT molecular complexity index is 801. The van der Waals surface area contributed by atoms with Crippen molar-refractivity contribution in [3.63, 3.8) is 0 Å². The molecule has 2 atom stereocenters. The molecule has 2 fully saturated rings. The molecule has 4 rings (SSSR count). The molecule has 8 heteroatoms. The highest BCUT2D eigenvalue weighted by molar-refractivity contribution is 8.00. The molecule has 0 aliphatic carbocycles. The fourth-order valence-electron chi connectivity index (χ4n) is 3.83. The van der Waals surface area contributed by atoms with Crippen molar-refractivity contribution < 1.29 is 9.53 Å². The highest BCUT2D eigenvalue weighted by atomic mass is 32.2. The number of rotatable bonds is 8. The number of thioether (sulfide) groups is 1. The number of hydrogen-bond acceptors (Lipinski definition) is 6. The second kappa shape index (κ2) is 9.73. The lowest BCUT2D eigenvalue weighted by molar-refractivity contribution is -0.120. The van der Waals surface area contributed by atoms with Gasteiger partial charge in [-0.1, -0.05) is 30.0 Å². The van der Waals surface area contributed by atoms with E-state index < -0.39 is 0 Å². The highest BCUT2D eigenvalue weighted by Gasteiger charge is 2.24. The molecular weight excluding hydrogens is 386 g/mol. The Hall–Kier alpha value is -1.90. The largest absolute Gasteiger partial charge is 0.376 e. The topological polar surface area (TPSA) is 72.3 Å². The summed E-state index contributed by atoms with van der Waals surface area (Å²) in [7, 11) is 0. The number of carbonyl (C=O) groups is 1. The second-order valence-corrected chi connectivity index (χ2v) is 9.00. The third-order valence-electron chi connectivity index (χ3n) is 5.46. The summed E-state index contributed by atoms with van der Waals surface area (Å²) in [6.45, 7) is 6.28. The van der Waals surface area contributed by atoms with Crippen molar-refractivity contribution in [2.24, 2.45) is 0 Å². The molecule has 2 aromatic rings. The molecule has 1 N–H and O–H groups in total. The van der Waals surface area contributed by atoms with Crippen LogP contribution in [0.15, 0.2) is 35.5 Å². The quantitative estimate of drug-likeness (QED) is 0.669. The lowest BCUT2D eigenvalue weighted by Crippen LogP contribution is -2.36. The summed E-state index contributed by atoms with van der Waals surface area (Å²) in [5.74, 6) is 0.932. The Balaban J connectivity index is 1.46. The van der Waals surface area contributed by atoms with Crippen LogP contribution in [-0.4, -0.2) is 63.2 Å². The van der Waals surface area contributed by atoms with Crippen LogP contribution in [0.25, 0.3) is 5.69 Å². The molecule has 156 valence electrons. The number of ether oxygens (including phenoxy) is 1. The van der Waals surface area contributed by atoms with Crippen molar-refractivity contribution in [2.75, 3.05) is 26.2 Å². The van der Waals surface area contributed by atoms with E-state index >= 15 is 0 Å². The van der Waals surface area contributed by atoms with Crippen LogP contribution in [0.1, 0.15) is 38.4 Å². The fourth-order valence-corrected chi connectivity index (χ4v) is 4.74. The van der Waals surface area contributed by atoms with E-state index in [9.17, 15) is 4.79 Å². The number of amides is 1. The van der Waals surface area contributed by atoms with Crippen LogP contribution in [0.2, 0.25) is 0 Å². The Morgan fingerprint density at radius 2 is 2.03 bits per heavy atom. The summed E-state index contributed by atoms with van der Waals surface area (Å²) in [5.41, 5.74) is 1.03. The zero-order valence-corrected chi connectivity index (χ0v) is 17.7. The van der Waals surface area contributed by atoms with E-state index in [1.54, 1.807) is 0 Å². The standard InChI is InChI=1S/C21H29N5O2S/c1-16(20(27)22-14-18-10-7-13-28-18)29-21-24-23-19(15-25-11-5-6-12-25)26(21)17-8-3-2-4-9-17/h2-4,8-9,16,18H,5-7,10-15H2,1H3,(H,22,27)/t16-,18+/m1/s1. The molecule has 3 heterocycles. The summed E-state index contributed by atoms with van der Waals surface area (Å²) in [4.78, 5) is 15.0. The van der Waals surface area contributed by atoms with Crippen LogP contribution < -0.4 is 5.32 Å². The molecule has 1 aromatic heterocycles. The SMILES string of the molecule is C[C@@H](Sc1nnc(CN2CCCC2)n1-c1ccccc1)C(=O)NC[C@@H]1CCCO1. The Kier molecular flexibility index (Phi) is 6.84. The molecule has 0 spiro atoms. The molecule has 2 aliphatic heterocycles. The minimum absolute atomic E-state index is 0.00852. The number of nitrogens with zero attached hydrogens (tertiary/aromatic N) is 4. The minimum atomic E-state index is -0.261. The van der Waals surface area contributed by atoms with E-state index in [-0.39, 0.29) is 17.3 Å². The Morgan fingerprint density at radius 1 is 1.24 bits per heavy atom. The van der Waals surface area contributed by atoms with Gasteiger partial charge in [-0.15, -0.1) is 10.2 Å². The lowest BCUT2D eigenvalue weighted by atomic mass is 10.2. The van der Waals surface area contributed by atoms with Crippen molar-refractivity contribution in [3.05, 3.63) is 36.2 Å². The van der Waals surface area contributed by atoms with Crippen LogP contribution in [0.3, 0.4) is 0 Å². The number of likely N-dealkylation sites (tertiary alicyclic amines) is 1. The maximum absolute atomic E-state index is 12.6. The summed E-state index contributed by atoms with van der Waals surface area (Å²) < 4.78 is 7.68. The smallest absolute Gasteiger partial charge is 0.233 e. The molecule has 2 aliphatic rings. The van der Waals surface area contributed by atoms with Gasteiger partial charge in [-0.05, 0) is 57.8 Å². The number of aromatic nitrogens is 3. The highest BCUT2D eigenvalue weighted by Crippen LogP contribution is 2.27. The van der Waals surface area contributed by atoms with Crippen LogP contribution in [0, 0.1) is 0 Å². The van der Waals surface area contributed by atoms with Gasteiger partial charge in [0, 0.05) is 18.8 Å². The van der Waals surface area contributed by atoms with Gasteiger partial charge in [0.1, 0.15) is 0 Å². The number of hydrogen-bond donors (Lipinski definition) is 1. The van der Waals surface area contributed by atoms with Crippen LogP contribution >= 0.6 is 11.8 Å². The third-order valence-corrected chi connectivity index (χ3v) is 6.50. The first-order valence-electron chi connectivity index (χ1n) is 10.5. The first kappa shape index (κ1) is 20.4. The molecule has 0 radical (unpaired) electrons. The van der Waals surface area contributed by atoms with Crippen molar-refractivity contribution in [1.82, 2.24) is 25.0 Å². The average Bonchev–Trinajstić information content (AvgIpc) is 3.50. The molecule has 0 bridgehead atoms. The molecule has 1 aromatic carbocycles. The predicted molar refractivity (Wildman–Crippen MR) is 113 cm³/mol. The molecular formula is C21H29N5O2S. The summed E-state index contributed by atoms with van der Waals surface area (Å²) in [6.07, 6.45) is 4.72. The van der Waals surface area contributed by atoms with Crippen molar-refractivity contribution in [1.29, 1.82) is 0 Å². The molecule has 29 heavy (non-hydrogen) atoms. The maximum atomic E-state index is 12.6. The summed E-state index contributed by atoms with van der Waals surface area (Å²) in [6, 6.07) is 10.1. The maximum Gasteiger partial charge on any atom is 0.233 e. The van der Waals surface area contributed by atoms with E-state index in [2.05, 4.69) is 37.1 Å². The van der Waals surface area contributed by atoms with Gasteiger partial charge in [0.2, 0.25) is 5.91 Å². The first-order chi connectivity index (χ1) is 14.2. The number of nitrogens with one attached hydrogen (secondary N) is 1. The fraction of sp³-hybridized carbons (Fsp3) is 0.571. The second-order valence-electron chi connectivity index (χ2n) is 7.69. The average molecular weight is 416 g/mol. The lowest BCUT2D eigenvalue weighted by Gasteiger charge is -2.17. The van der Waals surface area contributed by atoms with Gasteiger partial charge < -0.3 is 10.1 Å². The molecule has 2 saturated heterocycles. The normalized spacial score (nSPS) is 20.8. The van der Waals surface area contributed by atoms with E-state index in [1.807, 2.05) is 25.1 Å². The van der Waals surface area contributed by atoms with E-state index in [0.29, 0.717) is 6.54 Å². The van der Waals surface area contributed by atoms with Gasteiger partial charge in [0.15, 0.2) is 11.0 Å². The Morgan fingerprint density at radius 3 is 2.76 bits per heavy atom. The van der Waals surface area contributed by atoms with Gasteiger partial charge in [0.05, 0.1) is 17.9 Å². The van der Waals surface area contributed by atoms with Gasteiger partial charge >= 0.3 is 0 Å². The van der Waals surface area contributed by atoms with Crippen LogP contribution in [0.5, 0.6) is 0 Å². The molecule has 1 amide bonds. The van der Waals surface area contributed by atoms with Gasteiger partial charge in [-0.3, -0.25) is 14.3 Å². The predicted octanol–water partition coefficient (Wildman–Crippen LogP) is 2.64. The zero-order chi connectivity index (χ0) is 20.1.